The second-order valence-corrected chi connectivity index (χ2v) is 8.78. The number of rotatable bonds is 5. The van der Waals surface area contributed by atoms with Crippen LogP contribution in [0.25, 0.3) is 10.9 Å². The summed E-state index contributed by atoms with van der Waals surface area (Å²) >= 11 is 21.9. The zero-order valence-corrected chi connectivity index (χ0v) is 20.0. The standard InChI is InChI=1S/C22H13BrCl3N3O3/c23-16-7-12(8-18(26)20(16)32-11-13-5-6-14(24)9-17(13)25)10-27-29-21(30)15-3-1-2-4-19(15)28-22(29)31/h1-10H,11H2,(H,28,31). The molecule has 10 heteroatoms. The van der Waals surface area contributed by atoms with Crippen molar-refractivity contribution in [3.05, 3.63) is 106 Å². The van der Waals surface area contributed by atoms with Gasteiger partial charge in [0.1, 0.15) is 6.61 Å². The van der Waals surface area contributed by atoms with Gasteiger partial charge in [-0.2, -0.15) is 5.10 Å². The molecule has 0 amide bonds. The van der Waals surface area contributed by atoms with Gasteiger partial charge in [-0.3, -0.25) is 4.79 Å². The number of fused-ring (bicyclic) bond motifs is 1. The van der Waals surface area contributed by atoms with Crippen molar-refractivity contribution in [2.24, 2.45) is 5.10 Å². The second kappa shape index (κ2) is 9.50. The first kappa shape index (κ1) is 22.6. The lowest BCUT2D eigenvalue weighted by Crippen LogP contribution is -2.32. The summed E-state index contributed by atoms with van der Waals surface area (Å²) in [4.78, 5) is 27.5. The first-order chi connectivity index (χ1) is 15.3. The number of benzene rings is 3. The molecule has 0 aliphatic carbocycles. The van der Waals surface area contributed by atoms with Gasteiger partial charge in [-0.25, -0.2) is 4.79 Å². The molecule has 1 heterocycles. The van der Waals surface area contributed by atoms with Crippen LogP contribution < -0.4 is 16.0 Å². The maximum absolute atomic E-state index is 12.6. The van der Waals surface area contributed by atoms with Crippen molar-refractivity contribution >= 4 is 67.9 Å². The summed E-state index contributed by atoms with van der Waals surface area (Å²) in [5, 5.41) is 5.72. The molecule has 1 N–H and O–H groups in total. The number of para-hydroxylation sites is 1. The third-order valence-corrected chi connectivity index (χ3v) is 5.97. The smallest absolute Gasteiger partial charge is 0.349 e. The summed E-state index contributed by atoms with van der Waals surface area (Å²) in [6.07, 6.45) is 1.36. The number of nitrogens with zero attached hydrogens (tertiary/aromatic N) is 2. The number of hydrogen-bond donors (Lipinski definition) is 1. The summed E-state index contributed by atoms with van der Waals surface area (Å²) < 4.78 is 7.14. The fourth-order valence-electron chi connectivity index (χ4n) is 2.96. The van der Waals surface area contributed by atoms with Gasteiger partial charge in [0.15, 0.2) is 5.75 Å². The molecule has 0 unspecified atom stereocenters. The van der Waals surface area contributed by atoms with Crippen LogP contribution in [0.1, 0.15) is 11.1 Å². The Morgan fingerprint density at radius 2 is 1.81 bits per heavy atom. The minimum absolute atomic E-state index is 0.184. The van der Waals surface area contributed by atoms with E-state index in [1.165, 1.54) is 6.21 Å². The molecule has 0 saturated carbocycles. The molecule has 32 heavy (non-hydrogen) atoms. The number of H-pyrrole nitrogens is 1. The summed E-state index contributed by atoms with van der Waals surface area (Å²) in [5.74, 6) is 0.413. The van der Waals surface area contributed by atoms with E-state index in [2.05, 4.69) is 26.0 Å². The molecule has 4 aromatic rings. The van der Waals surface area contributed by atoms with E-state index in [1.54, 1.807) is 54.6 Å². The van der Waals surface area contributed by atoms with Gasteiger partial charge in [-0.05, 0) is 57.9 Å². The first-order valence-electron chi connectivity index (χ1n) is 9.17. The number of halogens is 4. The van der Waals surface area contributed by atoms with Gasteiger partial charge in [0.25, 0.3) is 5.56 Å². The molecular formula is C22H13BrCl3N3O3. The lowest BCUT2D eigenvalue weighted by Gasteiger charge is -2.12. The Kier molecular flexibility index (Phi) is 6.71. The van der Waals surface area contributed by atoms with Crippen molar-refractivity contribution in [1.29, 1.82) is 0 Å². The molecule has 0 aliphatic rings. The van der Waals surface area contributed by atoms with Gasteiger partial charge >= 0.3 is 5.69 Å². The van der Waals surface area contributed by atoms with Gasteiger partial charge in [0, 0.05) is 15.6 Å². The highest BCUT2D eigenvalue weighted by Gasteiger charge is 2.11. The number of nitrogens with one attached hydrogen (secondary N) is 1. The van der Waals surface area contributed by atoms with Crippen molar-refractivity contribution in [2.75, 3.05) is 0 Å². The number of aromatic amines is 1. The van der Waals surface area contributed by atoms with Crippen LogP contribution in [-0.4, -0.2) is 15.9 Å². The number of hydrogen-bond acceptors (Lipinski definition) is 4. The average molecular weight is 554 g/mol. The van der Waals surface area contributed by atoms with Crippen LogP contribution in [0.2, 0.25) is 15.1 Å². The van der Waals surface area contributed by atoms with Gasteiger partial charge in [0.2, 0.25) is 0 Å². The highest BCUT2D eigenvalue weighted by molar-refractivity contribution is 9.10. The predicted molar refractivity (Wildman–Crippen MR) is 132 cm³/mol. The van der Waals surface area contributed by atoms with E-state index in [0.29, 0.717) is 41.8 Å². The molecule has 6 nitrogen and oxygen atoms in total. The molecule has 0 radical (unpaired) electrons. The number of aromatic nitrogens is 2. The van der Waals surface area contributed by atoms with Crippen molar-refractivity contribution in [3.8, 4) is 5.75 Å². The fraction of sp³-hybridized carbons (Fsp3) is 0.0455. The molecule has 0 aliphatic heterocycles. The maximum atomic E-state index is 12.6. The minimum atomic E-state index is -0.644. The summed E-state index contributed by atoms with van der Waals surface area (Å²) in [7, 11) is 0. The largest absolute Gasteiger partial charge is 0.486 e. The molecule has 0 bridgehead atoms. The molecule has 1 aromatic heterocycles. The summed E-state index contributed by atoms with van der Waals surface area (Å²) in [5.41, 5.74) is 0.584. The van der Waals surface area contributed by atoms with Gasteiger partial charge in [-0.1, -0.05) is 53.0 Å². The van der Waals surface area contributed by atoms with Crippen molar-refractivity contribution in [1.82, 2.24) is 9.66 Å². The SMILES string of the molecule is O=c1[nH]c2ccccc2c(=O)n1N=Cc1cc(Cl)c(OCc2ccc(Cl)cc2Cl)c(Br)c1. The molecule has 0 saturated heterocycles. The quantitative estimate of drug-likeness (QED) is 0.314. The fourth-order valence-corrected chi connectivity index (χ4v) is 4.41. The van der Waals surface area contributed by atoms with E-state index in [4.69, 9.17) is 39.5 Å². The van der Waals surface area contributed by atoms with E-state index in [9.17, 15) is 9.59 Å². The molecule has 4 rings (SSSR count). The molecule has 0 fully saturated rings. The van der Waals surface area contributed by atoms with E-state index >= 15 is 0 Å². The zero-order chi connectivity index (χ0) is 22.8. The Labute approximate surface area is 205 Å². The second-order valence-electron chi connectivity index (χ2n) is 6.68. The molecular weight excluding hydrogens is 541 g/mol. The molecule has 162 valence electrons. The monoisotopic (exact) mass is 551 g/mol. The van der Waals surface area contributed by atoms with Crippen LogP contribution >= 0.6 is 50.7 Å². The lowest BCUT2D eigenvalue weighted by atomic mass is 10.2. The first-order valence-corrected chi connectivity index (χ1v) is 11.1. The maximum Gasteiger partial charge on any atom is 0.349 e. The minimum Gasteiger partial charge on any atom is -0.486 e. The topological polar surface area (TPSA) is 76.5 Å². The lowest BCUT2D eigenvalue weighted by molar-refractivity contribution is 0.304. The van der Waals surface area contributed by atoms with Gasteiger partial charge < -0.3 is 9.72 Å². The Hall–Kier alpha value is -2.58. The van der Waals surface area contributed by atoms with Gasteiger partial charge in [-0.15, -0.1) is 4.68 Å². The Morgan fingerprint density at radius 3 is 2.56 bits per heavy atom. The summed E-state index contributed by atoms with van der Waals surface area (Å²) in [6, 6.07) is 15.1. The predicted octanol–water partition coefficient (Wildman–Crippen LogP) is 5.87. The third-order valence-electron chi connectivity index (χ3n) is 4.51. The molecule has 3 aromatic carbocycles. The van der Waals surface area contributed by atoms with E-state index in [1.807, 2.05) is 0 Å². The normalized spacial score (nSPS) is 11.4. The van der Waals surface area contributed by atoms with Gasteiger partial charge in [0.05, 0.1) is 26.6 Å². The van der Waals surface area contributed by atoms with E-state index in [-0.39, 0.29) is 6.61 Å². The Morgan fingerprint density at radius 1 is 1.03 bits per heavy atom. The zero-order valence-electron chi connectivity index (χ0n) is 16.1. The molecule has 0 spiro atoms. The summed E-state index contributed by atoms with van der Waals surface area (Å²) in [6.45, 7) is 0.184. The third kappa shape index (κ3) is 4.76. The average Bonchev–Trinajstić information content (AvgIpc) is 2.74. The van der Waals surface area contributed by atoms with Crippen molar-refractivity contribution in [2.45, 2.75) is 6.61 Å². The van der Waals surface area contributed by atoms with Crippen LogP contribution in [0.15, 0.2) is 73.8 Å². The van der Waals surface area contributed by atoms with E-state index < -0.39 is 11.2 Å². The van der Waals surface area contributed by atoms with Crippen molar-refractivity contribution < 1.29 is 4.74 Å². The van der Waals surface area contributed by atoms with Crippen LogP contribution in [0.4, 0.5) is 0 Å². The van der Waals surface area contributed by atoms with Crippen LogP contribution in [0.5, 0.6) is 5.75 Å². The van der Waals surface area contributed by atoms with Crippen LogP contribution in [-0.2, 0) is 6.61 Å². The van der Waals surface area contributed by atoms with E-state index in [0.717, 1.165) is 10.2 Å². The highest BCUT2D eigenvalue weighted by Crippen LogP contribution is 2.35. The Balaban J connectivity index is 1.60. The Bertz CT molecular complexity index is 1460. The highest BCUT2D eigenvalue weighted by atomic mass is 79.9. The van der Waals surface area contributed by atoms with Crippen LogP contribution in [0, 0.1) is 0 Å². The number of ether oxygens (including phenoxy) is 1. The molecule has 0 atom stereocenters. The van der Waals surface area contributed by atoms with Crippen molar-refractivity contribution in [3.63, 3.8) is 0 Å². The van der Waals surface area contributed by atoms with Crippen LogP contribution in [0.3, 0.4) is 0 Å².